The molecule has 1 aromatic rings. The van der Waals surface area contributed by atoms with E-state index in [1.54, 1.807) is 13.0 Å². The maximum absolute atomic E-state index is 12.0. The lowest BCUT2D eigenvalue weighted by Gasteiger charge is -2.10. The molecule has 0 aromatic heterocycles. The lowest BCUT2D eigenvalue weighted by atomic mass is 10.1. The van der Waals surface area contributed by atoms with E-state index in [0.717, 1.165) is 6.26 Å². The molecular formula is C11H16N2O4S3. The van der Waals surface area contributed by atoms with Crippen LogP contribution in [0.1, 0.15) is 11.1 Å². The summed E-state index contributed by atoms with van der Waals surface area (Å²) in [4.78, 5) is 0.257. The molecule has 0 amide bonds. The van der Waals surface area contributed by atoms with E-state index in [4.69, 9.17) is 18.0 Å². The van der Waals surface area contributed by atoms with Gasteiger partial charge in [0, 0.05) is 18.4 Å². The van der Waals surface area contributed by atoms with Crippen molar-refractivity contribution in [3.63, 3.8) is 0 Å². The van der Waals surface area contributed by atoms with Crippen LogP contribution in [-0.4, -0.2) is 40.4 Å². The Balaban J connectivity index is 2.96. The molecule has 1 rings (SSSR count). The molecule has 0 bridgehead atoms. The summed E-state index contributed by atoms with van der Waals surface area (Å²) in [6.45, 7) is 1.45. The Hall–Kier alpha value is -1.03. The molecule has 0 aliphatic heterocycles. The third-order valence-corrected chi connectivity index (χ3v) is 5.32. The van der Waals surface area contributed by atoms with Crippen LogP contribution in [0.4, 0.5) is 0 Å². The molecule has 0 saturated heterocycles. The van der Waals surface area contributed by atoms with Crippen molar-refractivity contribution < 1.29 is 16.8 Å². The molecule has 0 saturated carbocycles. The molecule has 20 heavy (non-hydrogen) atoms. The Bertz CT molecular complexity index is 724. The van der Waals surface area contributed by atoms with Gasteiger partial charge < -0.3 is 5.73 Å². The van der Waals surface area contributed by atoms with E-state index < -0.39 is 19.9 Å². The average molecular weight is 336 g/mol. The third-order valence-electron chi connectivity index (χ3n) is 2.51. The fourth-order valence-corrected chi connectivity index (χ4v) is 3.53. The van der Waals surface area contributed by atoms with Crippen molar-refractivity contribution in [1.82, 2.24) is 4.72 Å². The van der Waals surface area contributed by atoms with Gasteiger partial charge in [0.05, 0.1) is 10.6 Å². The van der Waals surface area contributed by atoms with E-state index in [1.165, 1.54) is 12.1 Å². The van der Waals surface area contributed by atoms with Gasteiger partial charge in [-0.2, -0.15) is 0 Å². The predicted molar refractivity (Wildman–Crippen MR) is 82.0 cm³/mol. The predicted octanol–water partition coefficient (Wildman–Crippen LogP) is -0.0479. The van der Waals surface area contributed by atoms with Gasteiger partial charge in [0.15, 0.2) is 0 Å². The van der Waals surface area contributed by atoms with E-state index in [0.29, 0.717) is 11.1 Å². The van der Waals surface area contributed by atoms with Gasteiger partial charge in [-0.15, -0.1) is 0 Å². The molecule has 0 spiro atoms. The van der Waals surface area contributed by atoms with Crippen LogP contribution in [-0.2, 0) is 19.9 Å². The van der Waals surface area contributed by atoms with Crippen LogP contribution in [0, 0.1) is 6.92 Å². The Morgan fingerprint density at radius 2 is 1.90 bits per heavy atom. The molecular weight excluding hydrogens is 320 g/mol. The zero-order valence-electron chi connectivity index (χ0n) is 11.1. The number of sulfonamides is 1. The SMILES string of the molecule is Cc1cc(C(N)=S)ccc1S(=O)(=O)NCCS(C)(=O)=O. The van der Waals surface area contributed by atoms with Crippen LogP contribution < -0.4 is 10.5 Å². The average Bonchev–Trinajstić information content (AvgIpc) is 2.26. The second kappa shape index (κ2) is 6.17. The highest BCUT2D eigenvalue weighted by Crippen LogP contribution is 2.16. The summed E-state index contributed by atoms with van der Waals surface area (Å²) in [6.07, 6.45) is 1.05. The van der Waals surface area contributed by atoms with Crippen molar-refractivity contribution in [2.75, 3.05) is 18.6 Å². The van der Waals surface area contributed by atoms with Crippen molar-refractivity contribution in [1.29, 1.82) is 0 Å². The van der Waals surface area contributed by atoms with Crippen molar-refractivity contribution in [3.8, 4) is 0 Å². The first-order valence-corrected chi connectivity index (χ1v) is 9.56. The zero-order valence-corrected chi connectivity index (χ0v) is 13.5. The molecule has 3 N–H and O–H groups in total. The van der Waals surface area contributed by atoms with Crippen molar-refractivity contribution in [2.24, 2.45) is 5.73 Å². The van der Waals surface area contributed by atoms with Gasteiger partial charge in [0.25, 0.3) is 0 Å². The molecule has 0 fully saturated rings. The molecule has 0 radical (unpaired) electrons. The van der Waals surface area contributed by atoms with Crippen molar-refractivity contribution >= 4 is 37.1 Å². The van der Waals surface area contributed by atoms with E-state index in [1.807, 2.05) is 0 Å². The molecule has 0 aliphatic rings. The minimum Gasteiger partial charge on any atom is -0.389 e. The van der Waals surface area contributed by atoms with Crippen LogP contribution in [0.15, 0.2) is 23.1 Å². The number of nitrogens with two attached hydrogens (primary N) is 1. The number of hydrogen-bond donors (Lipinski definition) is 2. The first kappa shape index (κ1) is 17.0. The highest BCUT2D eigenvalue weighted by atomic mass is 32.2. The Kier molecular flexibility index (Phi) is 5.25. The minimum absolute atomic E-state index is 0.0750. The third kappa shape index (κ3) is 4.82. The van der Waals surface area contributed by atoms with Crippen LogP contribution in [0.25, 0.3) is 0 Å². The smallest absolute Gasteiger partial charge is 0.240 e. The summed E-state index contributed by atoms with van der Waals surface area (Å²) in [6, 6.07) is 4.49. The van der Waals surface area contributed by atoms with Gasteiger partial charge in [-0.25, -0.2) is 21.6 Å². The minimum atomic E-state index is -3.75. The normalized spacial score (nSPS) is 12.3. The second-order valence-corrected chi connectivity index (χ2v) is 8.81. The van der Waals surface area contributed by atoms with Gasteiger partial charge >= 0.3 is 0 Å². The van der Waals surface area contributed by atoms with Crippen molar-refractivity contribution in [3.05, 3.63) is 29.3 Å². The summed E-state index contributed by atoms with van der Waals surface area (Å²) < 4.78 is 48.3. The Labute approximate surface area is 124 Å². The molecule has 0 atom stereocenters. The highest BCUT2D eigenvalue weighted by molar-refractivity contribution is 7.91. The molecule has 0 unspecified atom stereocenters. The van der Waals surface area contributed by atoms with Crippen LogP contribution >= 0.6 is 12.2 Å². The Morgan fingerprint density at radius 1 is 1.30 bits per heavy atom. The standard InChI is InChI=1S/C11H16N2O4S3/c1-8-7-9(11(12)18)3-4-10(8)20(16,17)13-5-6-19(2,14)15/h3-4,7,13H,5-6H2,1-2H3,(H2,12,18). The molecule has 6 nitrogen and oxygen atoms in total. The van der Waals surface area contributed by atoms with Gasteiger partial charge in [-0.1, -0.05) is 18.3 Å². The number of nitrogens with one attached hydrogen (secondary N) is 1. The number of aryl methyl sites for hydroxylation is 1. The lowest BCUT2D eigenvalue weighted by molar-refractivity contribution is 0.581. The molecule has 9 heteroatoms. The molecule has 1 aromatic carbocycles. The maximum atomic E-state index is 12.0. The number of thiocarbonyl (C=S) groups is 1. The van der Waals surface area contributed by atoms with Gasteiger partial charge in [-0.3, -0.25) is 0 Å². The van der Waals surface area contributed by atoms with Gasteiger partial charge in [0.1, 0.15) is 14.8 Å². The summed E-state index contributed by atoms with van der Waals surface area (Å²) >= 11 is 4.82. The topological polar surface area (TPSA) is 106 Å². The van der Waals surface area contributed by atoms with Crippen LogP contribution in [0.5, 0.6) is 0 Å². The first-order valence-electron chi connectivity index (χ1n) is 5.61. The lowest BCUT2D eigenvalue weighted by Crippen LogP contribution is -2.29. The highest BCUT2D eigenvalue weighted by Gasteiger charge is 2.17. The van der Waals surface area contributed by atoms with Crippen LogP contribution in [0.2, 0.25) is 0 Å². The summed E-state index contributed by atoms with van der Waals surface area (Å²) in [5, 5.41) is 0. The number of hydrogen-bond acceptors (Lipinski definition) is 5. The molecule has 0 aliphatic carbocycles. The fraction of sp³-hybridized carbons (Fsp3) is 0.364. The molecule has 112 valence electrons. The molecule has 0 heterocycles. The first-order chi connectivity index (χ1) is 9.03. The zero-order chi connectivity index (χ0) is 15.6. The van der Waals surface area contributed by atoms with Gasteiger partial charge in [-0.05, 0) is 24.6 Å². The van der Waals surface area contributed by atoms with E-state index in [-0.39, 0.29) is 22.2 Å². The quantitative estimate of drug-likeness (QED) is 0.706. The monoisotopic (exact) mass is 336 g/mol. The largest absolute Gasteiger partial charge is 0.389 e. The van der Waals surface area contributed by atoms with Gasteiger partial charge in [0.2, 0.25) is 10.0 Å². The summed E-state index contributed by atoms with van der Waals surface area (Å²) in [5.74, 6) is -0.254. The van der Waals surface area contributed by atoms with Crippen LogP contribution in [0.3, 0.4) is 0 Å². The van der Waals surface area contributed by atoms with Crippen molar-refractivity contribution in [2.45, 2.75) is 11.8 Å². The Morgan fingerprint density at radius 3 is 2.35 bits per heavy atom. The van der Waals surface area contributed by atoms with E-state index in [2.05, 4.69) is 4.72 Å². The van der Waals surface area contributed by atoms with E-state index in [9.17, 15) is 16.8 Å². The maximum Gasteiger partial charge on any atom is 0.240 e. The van der Waals surface area contributed by atoms with E-state index >= 15 is 0 Å². The number of sulfone groups is 1. The number of rotatable bonds is 6. The number of benzene rings is 1. The summed E-state index contributed by atoms with van der Waals surface area (Å²) in [7, 11) is -6.97. The second-order valence-electron chi connectivity index (χ2n) is 4.37. The summed E-state index contributed by atoms with van der Waals surface area (Å²) in [5.41, 5.74) is 6.53. The fourth-order valence-electron chi connectivity index (χ4n) is 1.54.